The average molecular weight is 360 g/mol. The molecule has 0 spiro atoms. The van der Waals surface area contributed by atoms with Crippen LogP contribution in [0, 0.1) is 6.92 Å². The molecule has 0 radical (unpaired) electrons. The summed E-state index contributed by atoms with van der Waals surface area (Å²) in [4.78, 5) is 0. The summed E-state index contributed by atoms with van der Waals surface area (Å²) in [5.74, 6) is 0.753. The average Bonchev–Trinajstić information content (AvgIpc) is 2.45. The number of unbranched alkanes of at least 4 members (excludes halogenated alkanes) is 3. The van der Waals surface area contributed by atoms with Gasteiger partial charge in [0.25, 0.3) is 0 Å². The molecule has 0 saturated carbocycles. The summed E-state index contributed by atoms with van der Waals surface area (Å²) in [5.41, 5.74) is 1.16. The van der Waals surface area contributed by atoms with Crippen molar-refractivity contribution in [2.24, 2.45) is 0 Å². The van der Waals surface area contributed by atoms with E-state index in [9.17, 15) is 5.11 Å². The van der Waals surface area contributed by atoms with Crippen molar-refractivity contribution in [2.75, 3.05) is 26.3 Å². The number of aliphatic hydroxyl groups excluding tert-OH is 2. The van der Waals surface area contributed by atoms with Crippen LogP contribution >= 0.6 is 15.9 Å². The molecular weight excluding hydrogens is 334 g/mol. The van der Waals surface area contributed by atoms with Crippen LogP contribution in [-0.2, 0) is 0 Å². The molecule has 1 atom stereocenters. The number of aliphatic hydroxyl groups is 2. The first-order valence-corrected chi connectivity index (χ1v) is 8.31. The Kier molecular flexibility index (Phi) is 9.67. The van der Waals surface area contributed by atoms with Gasteiger partial charge in [0.15, 0.2) is 0 Å². The molecule has 0 heterocycles. The van der Waals surface area contributed by atoms with Crippen molar-refractivity contribution in [2.45, 2.75) is 38.7 Å². The summed E-state index contributed by atoms with van der Waals surface area (Å²) >= 11 is 3.45. The number of rotatable bonds is 11. The van der Waals surface area contributed by atoms with Crippen LogP contribution in [0.15, 0.2) is 22.7 Å². The fourth-order valence-corrected chi connectivity index (χ4v) is 2.56. The van der Waals surface area contributed by atoms with Crippen molar-refractivity contribution in [3.63, 3.8) is 0 Å². The fourth-order valence-electron chi connectivity index (χ4n) is 1.95. The SMILES string of the molecule is Cc1ccc(OCC(O)CNCCCCCCO)c(Br)c1. The van der Waals surface area contributed by atoms with E-state index in [4.69, 9.17) is 9.84 Å². The molecule has 0 bridgehead atoms. The topological polar surface area (TPSA) is 61.7 Å². The summed E-state index contributed by atoms with van der Waals surface area (Å²) in [6.45, 7) is 3.99. The quantitative estimate of drug-likeness (QED) is 0.531. The van der Waals surface area contributed by atoms with E-state index in [1.807, 2.05) is 25.1 Å². The van der Waals surface area contributed by atoms with Gasteiger partial charge in [0.1, 0.15) is 18.5 Å². The van der Waals surface area contributed by atoms with Gasteiger partial charge in [-0.1, -0.05) is 18.9 Å². The van der Waals surface area contributed by atoms with Crippen molar-refractivity contribution in [3.05, 3.63) is 28.2 Å². The Labute approximate surface area is 135 Å². The summed E-state index contributed by atoms with van der Waals surface area (Å²) < 4.78 is 6.51. The van der Waals surface area contributed by atoms with Crippen LogP contribution in [0.3, 0.4) is 0 Å². The number of hydrogen-bond acceptors (Lipinski definition) is 4. The lowest BCUT2D eigenvalue weighted by Crippen LogP contribution is -2.32. The lowest BCUT2D eigenvalue weighted by atomic mass is 10.2. The number of ether oxygens (including phenoxy) is 1. The van der Waals surface area contributed by atoms with E-state index in [1.165, 1.54) is 0 Å². The van der Waals surface area contributed by atoms with Gasteiger partial charge in [0, 0.05) is 13.2 Å². The third kappa shape index (κ3) is 8.41. The second kappa shape index (κ2) is 11.0. The molecule has 1 aromatic rings. The zero-order chi connectivity index (χ0) is 15.5. The Bertz CT molecular complexity index is 401. The molecule has 0 aromatic heterocycles. The van der Waals surface area contributed by atoms with Crippen LogP contribution in [0.4, 0.5) is 0 Å². The van der Waals surface area contributed by atoms with Crippen LogP contribution in [0.25, 0.3) is 0 Å². The van der Waals surface area contributed by atoms with Crippen molar-refractivity contribution in [1.29, 1.82) is 0 Å². The third-order valence-electron chi connectivity index (χ3n) is 3.16. The highest BCUT2D eigenvalue weighted by Crippen LogP contribution is 2.25. The van der Waals surface area contributed by atoms with Crippen LogP contribution in [-0.4, -0.2) is 42.6 Å². The Morgan fingerprint density at radius 1 is 1.24 bits per heavy atom. The van der Waals surface area contributed by atoms with Gasteiger partial charge in [-0.2, -0.15) is 0 Å². The predicted molar refractivity (Wildman–Crippen MR) is 88.8 cm³/mol. The Morgan fingerprint density at radius 3 is 2.71 bits per heavy atom. The highest BCUT2D eigenvalue weighted by atomic mass is 79.9. The van der Waals surface area contributed by atoms with Crippen molar-refractivity contribution >= 4 is 15.9 Å². The number of nitrogens with one attached hydrogen (secondary N) is 1. The number of halogens is 1. The van der Waals surface area contributed by atoms with E-state index in [0.29, 0.717) is 6.54 Å². The fraction of sp³-hybridized carbons (Fsp3) is 0.625. The minimum atomic E-state index is -0.518. The van der Waals surface area contributed by atoms with E-state index in [2.05, 4.69) is 21.2 Å². The molecule has 0 aliphatic heterocycles. The van der Waals surface area contributed by atoms with E-state index >= 15 is 0 Å². The summed E-state index contributed by atoms with van der Waals surface area (Å²) in [7, 11) is 0. The van der Waals surface area contributed by atoms with Gasteiger partial charge >= 0.3 is 0 Å². The zero-order valence-electron chi connectivity index (χ0n) is 12.6. The van der Waals surface area contributed by atoms with Gasteiger partial charge in [0.2, 0.25) is 0 Å². The summed E-state index contributed by atoms with van der Waals surface area (Å²) in [6, 6.07) is 5.88. The summed E-state index contributed by atoms with van der Waals surface area (Å²) in [6.07, 6.45) is 3.59. The van der Waals surface area contributed by atoms with E-state index < -0.39 is 6.10 Å². The van der Waals surface area contributed by atoms with Crippen LogP contribution in [0.1, 0.15) is 31.2 Å². The molecular formula is C16H26BrNO3. The molecule has 0 saturated heterocycles. The molecule has 21 heavy (non-hydrogen) atoms. The number of aryl methyl sites for hydroxylation is 1. The molecule has 1 unspecified atom stereocenters. The van der Waals surface area contributed by atoms with Gasteiger partial charge < -0.3 is 20.3 Å². The Morgan fingerprint density at radius 2 is 2.00 bits per heavy atom. The van der Waals surface area contributed by atoms with Crippen LogP contribution in [0.5, 0.6) is 5.75 Å². The van der Waals surface area contributed by atoms with Gasteiger partial charge in [-0.05, 0) is 59.9 Å². The summed E-state index contributed by atoms with van der Waals surface area (Å²) in [5, 5.41) is 21.7. The van der Waals surface area contributed by atoms with E-state index in [0.717, 1.165) is 48.0 Å². The zero-order valence-corrected chi connectivity index (χ0v) is 14.2. The molecule has 0 fully saturated rings. The lowest BCUT2D eigenvalue weighted by Gasteiger charge is -2.14. The van der Waals surface area contributed by atoms with Crippen molar-refractivity contribution in [1.82, 2.24) is 5.32 Å². The van der Waals surface area contributed by atoms with Gasteiger partial charge in [-0.3, -0.25) is 0 Å². The normalized spacial score (nSPS) is 12.4. The van der Waals surface area contributed by atoms with Gasteiger partial charge in [-0.25, -0.2) is 0 Å². The minimum Gasteiger partial charge on any atom is -0.490 e. The van der Waals surface area contributed by atoms with Crippen LogP contribution in [0.2, 0.25) is 0 Å². The first-order chi connectivity index (χ1) is 10.1. The number of hydrogen-bond donors (Lipinski definition) is 3. The Balaban J connectivity index is 2.09. The van der Waals surface area contributed by atoms with Gasteiger partial charge in [0.05, 0.1) is 4.47 Å². The standard InChI is InChI=1S/C16H26BrNO3/c1-13-6-7-16(15(17)10-13)21-12-14(20)11-18-8-4-2-3-5-9-19/h6-7,10,14,18-20H,2-5,8-9,11-12H2,1H3. The van der Waals surface area contributed by atoms with Crippen molar-refractivity contribution in [3.8, 4) is 5.75 Å². The highest BCUT2D eigenvalue weighted by Gasteiger charge is 2.07. The highest BCUT2D eigenvalue weighted by molar-refractivity contribution is 9.10. The molecule has 0 aliphatic carbocycles. The maximum Gasteiger partial charge on any atom is 0.133 e. The molecule has 3 N–H and O–H groups in total. The molecule has 0 aliphatic rings. The van der Waals surface area contributed by atoms with Crippen molar-refractivity contribution < 1.29 is 14.9 Å². The second-order valence-electron chi connectivity index (χ2n) is 5.24. The first kappa shape index (κ1) is 18.4. The van der Waals surface area contributed by atoms with E-state index in [-0.39, 0.29) is 13.2 Å². The molecule has 0 amide bonds. The van der Waals surface area contributed by atoms with Gasteiger partial charge in [-0.15, -0.1) is 0 Å². The Hall–Kier alpha value is -0.620. The minimum absolute atomic E-state index is 0.276. The van der Waals surface area contributed by atoms with E-state index in [1.54, 1.807) is 0 Å². The molecule has 4 nitrogen and oxygen atoms in total. The largest absolute Gasteiger partial charge is 0.490 e. The smallest absolute Gasteiger partial charge is 0.133 e. The predicted octanol–water partition coefficient (Wildman–Crippen LogP) is 2.64. The maximum atomic E-state index is 9.86. The monoisotopic (exact) mass is 359 g/mol. The number of benzene rings is 1. The molecule has 1 aromatic carbocycles. The van der Waals surface area contributed by atoms with Crippen LogP contribution < -0.4 is 10.1 Å². The first-order valence-electron chi connectivity index (χ1n) is 7.52. The third-order valence-corrected chi connectivity index (χ3v) is 3.78. The lowest BCUT2D eigenvalue weighted by molar-refractivity contribution is 0.106. The molecule has 1 rings (SSSR count). The molecule has 120 valence electrons. The maximum absolute atomic E-state index is 9.86. The second-order valence-corrected chi connectivity index (χ2v) is 6.09. The molecule has 5 heteroatoms.